The van der Waals surface area contributed by atoms with E-state index in [1.807, 2.05) is 61.7 Å². The van der Waals surface area contributed by atoms with E-state index >= 15 is 0 Å². The third-order valence-corrected chi connectivity index (χ3v) is 6.88. The predicted octanol–water partition coefficient (Wildman–Crippen LogP) is 3.17. The van der Waals surface area contributed by atoms with Crippen molar-refractivity contribution in [2.45, 2.75) is 26.3 Å². The summed E-state index contributed by atoms with van der Waals surface area (Å²) in [4.78, 5) is 32.4. The molecule has 0 aliphatic carbocycles. The summed E-state index contributed by atoms with van der Waals surface area (Å²) >= 11 is 2.95. The predicted molar refractivity (Wildman–Crippen MR) is 116 cm³/mol. The number of fused-ring (bicyclic) bond motifs is 1. The molecule has 1 aliphatic heterocycles. The van der Waals surface area contributed by atoms with Crippen LogP contribution in [0.15, 0.2) is 62.8 Å². The van der Waals surface area contributed by atoms with Crippen LogP contribution in [0.4, 0.5) is 0 Å². The molecule has 0 bridgehead atoms. The van der Waals surface area contributed by atoms with Gasteiger partial charge in [0.25, 0.3) is 5.56 Å². The first kappa shape index (κ1) is 19.5. The average Bonchev–Trinajstić information content (AvgIpc) is 3.29. The standard InChI is InChI=1S/C22H20N2O3S2/c1-4-15-18(21(26)27-3)19(14-8-6-5-7-9-14)24-20(25)17(29-22(24)23-15)12-16-13(2)10-11-28-16/h5-12,19H,4H2,1-3H3/b17-12-/t19-/m1/s1. The molecule has 0 saturated heterocycles. The highest BCUT2D eigenvalue weighted by Gasteiger charge is 2.33. The summed E-state index contributed by atoms with van der Waals surface area (Å²) in [6.45, 7) is 3.98. The van der Waals surface area contributed by atoms with Crippen LogP contribution in [0.3, 0.4) is 0 Å². The van der Waals surface area contributed by atoms with Gasteiger partial charge in [0.1, 0.15) is 0 Å². The molecule has 0 saturated carbocycles. The summed E-state index contributed by atoms with van der Waals surface area (Å²) in [6, 6.07) is 11.0. The van der Waals surface area contributed by atoms with E-state index in [4.69, 9.17) is 4.74 Å². The number of benzene rings is 1. The molecule has 0 spiro atoms. The fourth-order valence-corrected chi connectivity index (χ4v) is 5.40. The number of methoxy groups -OCH3 is 1. The first-order valence-corrected chi connectivity index (χ1v) is 11.0. The molecule has 0 radical (unpaired) electrons. The minimum atomic E-state index is -0.554. The molecular weight excluding hydrogens is 404 g/mol. The number of hydrogen-bond donors (Lipinski definition) is 0. The molecule has 0 amide bonds. The van der Waals surface area contributed by atoms with Crippen LogP contribution < -0.4 is 14.9 Å². The highest BCUT2D eigenvalue weighted by Crippen LogP contribution is 2.31. The number of ether oxygens (including phenoxy) is 1. The number of aryl methyl sites for hydroxylation is 1. The number of rotatable bonds is 4. The molecule has 0 N–H and O–H groups in total. The molecule has 2 aromatic heterocycles. The number of esters is 1. The van der Waals surface area contributed by atoms with Crippen molar-refractivity contribution >= 4 is 34.7 Å². The van der Waals surface area contributed by atoms with Gasteiger partial charge in [-0.3, -0.25) is 9.36 Å². The molecule has 7 heteroatoms. The Morgan fingerprint density at radius 3 is 2.66 bits per heavy atom. The molecule has 3 heterocycles. The minimum absolute atomic E-state index is 0.146. The Bertz CT molecular complexity index is 1280. The summed E-state index contributed by atoms with van der Waals surface area (Å²) < 4.78 is 7.29. The van der Waals surface area contributed by atoms with Crippen LogP contribution in [-0.4, -0.2) is 17.6 Å². The molecule has 3 aromatic rings. The summed E-state index contributed by atoms with van der Waals surface area (Å²) in [5, 5.41) is 2.01. The second kappa shape index (κ2) is 7.93. The van der Waals surface area contributed by atoms with Crippen LogP contribution in [-0.2, 0) is 9.53 Å². The Balaban J connectivity index is 2.03. The first-order valence-electron chi connectivity index (χ1n) is 9.27. The first-order chi connectivity index (χ1) is 14.0. The van der Waals surface area contributed by atoms with Crippen LogP contribution in [0.1, 0.15) is 35.4 Å². The number of thiophene rings is 1. The zero-order chi connectivity index (χ0) is 20.5. The highest BCUT2D eigenvalue weighted by molar-refractivity contribution is 7.11. The van der Waals surface area contributed by atoms with Gasteiger partial charge in [-0.15, -0.1) is 11.3 Å². The Morgan fingerprint density at radius 2 is 2.03 bits per heavy atom. The third-order valence-electron chi connectivity index (χ3n) is 4.93. The van der Waals surface area contributed by atoms with E-state index in [1.54, 1.807) is 15.9 Å². The largest absolute Gasteiger partial charge is 0.466 e. The lowest BCUT2D eigenvalue weighted by Crippen LogP contribution is -2.40. The number of nitrogens with zero attached hydrogens (tertiary/aromatic N) is 2. The van der Waals surface area contributed by atoms with Gasteiger partial charge < -0.3 is 4.74 Å². The second-order valence-electron chi connectivity index (χ2n) is 6.67. The number of carbonyl (C=O) groups excluding carboxylic acids is 1. The van der Waals surface area contributed by atoms with E-state index in [2.05, 4.69) is 4.99 Å². The Labute approximate surface area is 175 Å². The second-order valence-corrected chi connectivity index (χ2v) is 8.62. The van der Waals surface area contributed by atoms with Crippen molar-refractivity contribution < 1.29 is 9.53 Å². The van der Waals surface area contributed by atoms with Gasteiger partial charge >= 0.3 is 5.97 Å². The number of hydrogen-bond acceptors (Lipinski definition) is 6. The number of carbonyl (C=O) groups is 1. The number of allylic oxidation sites excluding steroid dienone is 1. The molecule has 4 rings (SSSR count). The van der Waals surface area contributed by atoms with E-state index in [1.165, 1.54) is 18.4 Å². The maximum atomic E-state index is 13.4. The fourth-order valence-electron chi connectivity index (χ4n) is 3.47. The normalized spacial score (nSPS) is 16.5. The van der Waals surface area contributed by atoms with E-state index in [-0.39, 0.29) is 5.56 Å². The van der Waals surface area contributed by atoms with E-state index in [9.17, 15) is 9.59 Å². The Kier molecular flexibility index (Phi) is 5.34. The van der Waals surface area contributed by atoms with Crippen molar-refractivity contribution in [2.24, 2.45) is 4.99 Å². The van der Waals surface area contributed by atoms with Crippen molar-refractivity contribution in [3.05, 3.63) is 88.7 Å². The molecule has 0 unspecified atom stereocenters. The lowest BCUT2D eigenvalue weighted by atomic mass is 9.95. The topological polar surface area (TPSA) is 60.7 Å². The van der Waals surface area contributed by atoms with Crippen LogP contribution in [0.2, 0.25) is 0 Å². The highest BCUT2D eigenvalue weighted by atomic mass is 32.1. The molecule has 1 atom stereocenters. The van der Waals surface area contributed by atoms with Gasteiger partial charge in [0.2, 0.25) is 0 Å². The van der Waals surface area contributed by atoms with Gasteiger partial charge in [0.15, 0.2) is 4.80 Å². The summed E-state index contributed by atoms with van der Waals surface area (Å²) in [6.07, 6.45) is 2.49. The summed E-state index contributed by atoms with van der Waals surface area (Å²) in [7, 11) is 1.36. The average molecular weight is 425 g/mol. The monoisotopic (exact) mass is 424 g/mol. The Hall–Kier alpha value is -2.77. The molecular formula is C22H20N2O3S2. The summed E-state index contributed by atoms with van der Waals surface area (Å²) in [5.41, 5.74) is 2.92. The van der Waals surface area contributed by atoms with Crippen LogP contribution in [0.5, 0.6) is 0 Å². The van der Waals surface area contributed by atoms with Gasteiger partial charge in [-0.05, 0) is 42.0 Å². The van der Waals surface area contributed by atoms with Gasteiger partial charge in [-0.2, -0.15) is 0 Å². The summed E-state index contributed by atoms with van der Waals surface area (Å²) in [5.74, 6) is -0.456. The maximum Gasteiger partial charge on any atom is 0.338 e. The minimum Gasteiger partial charge on any atom is -0.466 e. The fraction of sp³-hybridized carbons (Fsp3) is 0.227. The maximum absolute atomic E-state index is 13.4. The molecule has 1 aromatic carbocycles. The lowest BCUT2D eigenvalue weighted by molar-refractivity contribution is -0.136. The van der Waals surface area contributed by atoms with Gasteiger partial charge in [0.05, 0.1) is 29.0 Å². The quantitative estimate of drug-likeness (QED) is 0.605. The van der Waals surface area contributed by atoms with Crippen LogP contribution >= 0.6 is 22.7 Å². The third kappa shape index (κ3) is 3.41. The van der Waals surface area contributed by atoms with E-state index in [0.717, 1.165) is 16.0 Å². The smallest absolute Gasteiger partial charge is 0.338 e. The van der Waals surface area contributed by atoms with Crippen LogP contribution in [0, 0.1) is 6.92 Å². The molecule has 148 valence electrons. The van der Waals surface area contributed by atoms with Gasteiger partial charge in [0, 0.05) is 4.88 Å². The van der Waals surface area contributed by atoms with Crippen molar-refractivity contribution in [1.82, 2.24) is 4.57 Å². The lowest BCUT2D eigenvalue weighted by Gasteiger charge is -2.25. The Morgan fingerprint density at radius 1 is 1.28 bits per heavy atom. The SMILES string of the molecule is CCC1=C(C(=O)OC)[C@@H](c2ccccc2)n2c(s/c(=C\c3sccc3C)c2=O)=N1. The number of thiazole rings is 1. The van der Waals surface area contributed by atoms with Gasteiger partial charge in [-0.1, -0.05) is 48.6 Å². The van der Waals surface area contributed by atoms with Crippen molar-refractivity contribution in [3.63, 3.8) is 0 Å². The molecule has 0 fully saturated rings. The number of aromatic nitrogens is 1. The van der Waals surface area contributed by atoms with Crippen LogP contribution in [0.25, 0.3) is 6.08 Å². The van der Waals surface area contributed by atoms with Crippen molar-refractivity contribution in [2.75, 3.05) is 7.11 Å². The van der Waals surface area contributed by atoms with Gasteiger partial charge in [-0.25, -0.2) is 9.79 Å². The van der Waals surface area contributed by atoms with E-state index < -0.39 is 12.0 Å². The van der Waals surface area contributed by atoms with Crippen molar-refractivity contribution in [3.8, 4) is 0 Å². The molecule has 29 heavy (non-hydrogen) atoms. The zero-order valence-corrected chi connectivity index (χ0v) is 18.0. The molecule has 1 aliphatic rings. The zero-order valence-electron chi connectivity index (χ0n) is 16.3. The molecule has 5 nitrogen and oxygen atoms in total. The van der Waals surface area contributed by atoms with Crippen molar-refractivity contribution in [1.29, 1.82) is 0 Å². The van der Waals surface area contributed by atoms with E-state index in [0.29, 0.717) is 27.0 Å².